The molecule has 2 N–H and O–H groups in total. The van der Waals surface area contributed by atoms with Crippen molar-refractivity contribution in [2.75, 3.05) is 30.3 Å². The second-order valence-electron chi connectivity index (χ2n) is 6.44. The third-order valence-electron chi connectivity index (χ3n) is 4.15. The van der Waals surface area contributed by atoms with Gasteiger partial charge in [-0.05, 0) is 49.2 Å². The first-order valence-corrected chi connectivity index (χ1v) is 10.0. The van der Waals surface area contributed by atoms with Crippen LogP contribution in [0.1, 0.15) is 25.8 Å². The summed E-state index contributed by atoms with van der Waals surface area (Å²) >= 11 is 12.0. The molecule has 2 aromatic carbocycles. The van der Waals surface area contributed by atoms with Gasteiger partial charge in [-0.2, -0.15) is 0 Å². The zero-order chi connectivity index (χ0) is 20.5. The number of nitrogens with one attached hydrogen (secondary N) is 2. The fraction of sp³-hybridized carbons (Fsp3) is 0.333. The standard InChI is InChI=1S/C21H25Cl2N3O2/c1-3-11-26(13-20(27)24-18-8-6-5-7-15(18)4-2)14-21(28)25-19-10-9-16(22)12-17(19)23/h5-10,12H,3-4,11,13-14H2,1-2H3,(H,24,27)(H,25,28). The average Bonchev–Trinajstić information content (AvgIpc) is 2.64. The number of anilines is 2. The van der Waals surface area contributed by atoms with Crippen molar-refractivity contribution < 1.29 is 9.59 Å². The van der Waals surface area contributed by atoms with Gasteiger partial charge in [0.1, 0.15) is 0 Å². The Balaban J connectivity index is 1.96. The lowest BCUT2D eigenvalue weighted by atomic mass is 10.1. The summed E-state index contributed by atoms with van der Waals surface area (Å²) in [5.41, 5.74) is 2.38. The first-order valence-electron chi connectivity index (χ1n) is 9.28. The molecular weight excluding hydrogens is 397 g/mol. The van der Waals surface area contributed by atoms with Crippen LogP contribution in [0.4, 0.5) is 11.4 Å². The minimum atomic E-state index is -0.237. The maximum Gasteiger partial charge on any atom is 0.238 e. The Hall–Kier alpha value is -2.08. The van der Waals surface area contributed by atoms with E-state index in [4.69, 9.17) is 23.2 Å². The van der Waals surface area contributed by atoms with Crippen LogP contribution in [0, 0.1) is 0 Å². The molecule has 0 unspecified atom stereocenters. The van der Waals surface area contributed by atoms with Crippen LogP contribution >= 0.6 is 23.2 Å². The molecule has 0 aliphatic heterocycles. The monoisotopic (exact) mass is 421 g/mol. The van der Waals surface area contributed by atoms with Gasteiger partial charge < -0.3 is 10.6 Å². The number of carbonyl (C=O) groups excluding carboxylic acids is 2. The molecule has 0 aromatic heterocycles. The Kier molecular flexibility index (Phi) is 8.77. The van der Waals surface area contributed by atoms with Crippen molar-refractivity contribution in [2.24, 2.45) is 0 Å². The molecule has 0 bridgehead atoms. The molecule has 0 atom stereocenters. The molecular formula is C21H25Cl2N3O2. The molecule has 5 nitrogen and oxygen atoms in total. The minimum absolute atomic E-state index is 0.0929. The van der Waals surface area contributed by atoms with E-state index in [1.165, 1.54) is 0 Å². The summed E-state index contributed by atoms with van der Waals surface area (Å²) in [6.45, 7) is 4.90. The van der Waals surface area contributed by atoms with Crippen molar-refractivity contribution in [3.63, 3.8) is 0 Å². The number of para-hydroxylation sites is 1. The van der Waals surface area contributed by atoms with Crippen molar-refractivity contribution in [1.82, 2.24) is 4.90 Å². The fourth-order valence-electron chi connectivity index (χ4n) is 2.86. The molecule has 2 amide bonds. The smallest absolute Gasteiger partial charge is 0.238 e. The SMILES string of the molecule is CCCN(CC(=O)Nc1ccc(Cl)cc1Cl)CC(=O)Nc1ccccc1CC. The minimum Gasteiger partial charge on any atom is -0.325 e. The third kappa shape index (κ3) is 6.82. The van der Waals surface area contributed by atoms with Crippen molar-refractivity contribution >= 4 is 46.4 Å². The number of aryl methyl sites for hydroxylation is 1. The van der Waals surface area contributed by atoms with Crippen molar-refractivity contribution in [2.45, 2.75) is 26.7 Å². The lowest BCUT2D eigenvalue weighted by Gasteiger charge is -2.21. The van der Waals surface area contributed by atoms with E-state index >= 15 is 0 Å². The first-order chi connectivity index (χ1) is 13.4. The number of carbonyl (C=O) groups is 2. The number of benzene rings is 2. The maximum absolute atomic E-state index is 12.5. The number of rotatable bonds is 9. The molecule has 0 aliphatic rings. The highest BCUT2D eigenvalue weighted by Gasteiger charge is 2.16. The molecule has 0 saturated heterocycles. The second-order valence-corrected chi connectivity index (χ2v) is 7.29. The molecule has 0 radical (unpaired) electrons. The number of nitrogens with zero attached hydrogens (tertiary/aromatic N) is 1. The van der Waals surface area contributed by atoms with Gasteiger partial charge in [0, 0.05) is 10.7 Å². The van der Waals surface area contributed by atoms with Crippen LogP contribution in [0.2, 0.25) is 10.0 Å². The van der Waals surface area contributed by atoms with Gasteiger partial charge in [0.05, 0.1) is 23.8 Å². The Morgan fingerprint density at radius 3 is 2.18 bits per heavy atom. The van der Waals surface area contributed by atoms with E-state index < -0.39 is 0 Å². The summed E-state index contributed by atoms with van der Waals surface area (Å²) in [7, 11) is 0. The van der Waals surface area contributed by atoms with E-state index in [1.54, 1.807) is 18.2 Å². The van der Waals surface area contributed by atoms with E-state index in [1.807, 2.05) is 43.0 Å². The predicted octanol–water partition coefficient (Wildman–Crippen LogP) is 4.85. The largest absolute Gasteiger partial charge is 0.325 e. The number of hydrogen-bond donors (Lipinski definition) is 2. The molecule has 0 heterocycles. The number of amides is 2. The van der Waals surface area contributed by atoms with Crippen molar-refractivity contribution in [3.05, 3.63) is 58.1 Å². The van der Waals surface area contributed by atoms with Crippen LogP contribution in [0.15, 0.2) is 42.5 Å². The van der Waals surface area contributed by atoms with E-state index in [0.29, 0.717) is 22.3 Å². The van der Waals surface area contributed by atoms with Gasteiger partial charge >= 0.3 is 0 Å². The van der Waals surface area contributed by atoms with E-state index in [9.17, 15) is 9.59 Å². The predicted molar refractivity (Wildman–Crippen MR) is 116 cm³/mol. The molecule has 0 saturated carbocycles. The highest BCUT2D eigenvalue weighted by molar-refractivity contribution is 6.36. The van der Waals surface area contributed by atoms with Crippen LogP contribution in [-0.2, 0) is 16.0 Å². The van der Waals surface area contributed by atoms with Crippen molar-refractivity contribution in [3.8, 4) is 0 Å². The molecule has 28 heavy (non-hydrogen) atoms. The number of hydrogen-bond acceptors (Lipinski definition) is 3. The summed E-state index contributed by atoms with van der Waals surface area (Å²) in [6.07, 6.45) is 1.66. The molecule has 2 rings (SSSR count). The normalized spacial score (nSPS) is 10.8. The van der Waals surface area contributed by atoms with Gasteiger partial charge in [-0.15, -0.1) is 0 Å². The van der Waals surface area contributed by atoms with Gasteiger partial charge in [0.15, 0.2) is 0 Å². The lowest BCUT2D eigenvalue weighted by Crippen LogP contribution is -2.39. The summed E-state index contributed by atoms with van der Waals surface area (Å²) in [6, 6.07) is 12.6. The average molecular weight is 422 g/mol. The Labute approximate surface area is 176 Å². The van der Waals surface area contributed by atoms with Crippen LogP contribution in [0.3, 0.4) is 0 Å². The molecule has 0 spiro atoms. The maximum atomic E-state index is 12.5. The van der Waals surface area contributed by atoms with Gasteiger partial charge in [-0.3, -0.25) is 14.5 Å². The summed E-state index contributed by atoms with van der Waals surface area (Å²) in [5.74, 6) is -0.383. The Morgan fingerprint density at radius 2 is 1.57 bits per heavy atom. The topological polar surface area (TPSA) is 61.4 Å². The summed E-state index contributed by atoms with van der Waals surface area (Å²) < 4.78 is 0. The van der Waals surface area contributed by atoms with Crippen LogP contribution in [-0.4, -0.2) is 36.3 Å². The summed E-state index contributed by atoms with van der Waals surface area (Å²) in [5, 5.41) is 6.58. The first kappa shape index (κ1) is 22.2. The molecule has 7 heteroatoms. The Morgan fingerprint density at radius 1 is 0.929 bits per heavy atom. The van der Waals surface area contributed by atoms with Gasteiger partial charge in [0.2, 0.25) is 11.8 Å². The van der Waals surface area contributed by atoms with Crippen molar-refractivity contribution in [1.29, 1.82) is 0 Å². The lowest BCUT2D eigenvalue weighted by molar-refractivity contribution is -0.120. The number of halogens is 2. The summed E-state index contributed by atoms with van der Waals surface area (Å²) in [4.78, 5) is 26.7. The zero-order valence-corrected chi connectivity index (χ0v) is 17.6. The highest BCUT2D eigenvalue weighted by atomic mass is 35.5. The van der Waals surface area contributed by atoms with Crippen LogP contribution < -0.4 is 10.6 Å². The van der Waals surface area contributed by atoms with Gasteiger partial charge in [-0.25, -0.2) is 0 Å². The van der Waals surface area contributed by atoms with E-state index in [-0.39, 0.29) is 24.9 Å². The Bertz CT molecular complexity index is 827. The second kappa shape index (κ2) is 11.1. The third-order valence-corrected chi connectivity index (χ3v) is 4.70. The van der Waals surface area contributed by atoms with E-state index in [2.05, 4.69) is 10.6 Å². The van der Waals surface area contributed by atoms with Crippen LogP contribution in [0.5, 0.6) is 0 Å². The fourth-order valence-corrected chi connectivity index (χ4v) is 3.31. The quantitative estimate of drug-likeness (QED) is 0.608. The molecule has 0 fully saturated rings. The zero-order valence-electron chi connectivity index (χ0n) is 16.1. The molecule has 2 aromatic rings. The molecule has 150 valence electrons. The van der Waals surface area contributed by atoms with Gasteiger partial charge in [0.25, 0.3) is 0 Å². The van der Waals surface area contributed by atoms with Crippen LogP contribution in [0.25, 0.3) is 0 Å². The molecule has 0 aliphatic carbocycles. The van der Waals surface area contributed by atoms with Gasteiger partial charge in [-0.1, -0.05) is 55.2 Å². The van der Waals surface area contributed by atoms with E-state index in [0.717, 1.165) is 24.1 Å². The highest BCUT2D eigenvalue weighted by Crippen LogP contribution is 2.25.